The maximum Gasteiger partial charge on any atom is 0.417 e. The smallest absolute Gasteiger partial charge is 0.417 e. The molecule has 0 amide bonds. The van der Waals surface area contributed by atoms with Crippen LogP contribution in [0.25, 0.3) is 11.0 Å². The van der Waals surface area contributed by atoms with E-state index in [1.54, 1.807) is 6.92 Å². The number of para-hydroxylation sites is 1. The molecule has 1 aromatic carbocycles. The molecular formula is C16H12F3N3O. The third-order valence-electron chi connectivity index (χ3n) is 3.21. The van der Waals surface area contributed by atoms with Gasteiger partial charge in [-0.1, -0.05) is 18.2 Å². The van der Waals surface area contributed by atoms with Crippen LogP contribution in [-0.2, 0) is 6.18 Å². The van der Waals surface area contributed by atoms with Gasteiger partial charge in [-0.05, 0) is 31.2 Å². The van der Waals surface area contributed by atoms with Crippen molar-refractivity contribution >= 4 is 22.5 Å². The number of halogens is 3. The zero-order valence-corrected chi connectivity index (χ0v) is 12.1. The van der Waals surface area contributed by atoms with Gasteiger partial charge in [-0.15, -0.1) is 0 Å². The molecule has 2 aromatic heterocycles. The number of aromatic nitrogens is 1. The second-order valence-corrected chi connectivity index (χ2v) is 4.89. The number of nitrogens with zero attached hydrogens (tertiary/aromatic N) is 2. The van der Waals surface area contributed by atoms with Crippen molar-refractivity contribution in [2.45, 2.75) is 13.1 Å². The summed E-state index contributed by atoms with van der Waals surface area (Å²) in [5, 5.41) is 5.03. The van der Waals surface area contributed by atoms with Gasteiger partial charge in [0.25, 0.3) is 0 Å². The molecule has 1 N–H and O–H groups in total. The van der Waals surface area contributed by atoms with Crippen LogP contribution in [0.4, 0.5) is 19.0 Å². The molecule has 3 aromatic rings. The molecule has 23 heavy (non-hydrogen) atoms. The molecule has 0 saturated heterocycles. The first kappa shape index (κ1) is 15.1. The summed E-state index contributed by atoms with van der Waals surface area (Å²) < 4.78 is 43.0. The average molecular weight is 319 g/mol. The molecule has 0 atom stereocenters. The van der Waals surface area contributed by atoms with Gasteiger partial charge >= 0.3 is 6.18 Å². The van der Waals surface area contributed by atoms with Gasteiger partial charge in [-0.25, -0.2) is 4.98 Å². The Morgan fingerprint density at radius 2 is 1.96 bits per heavy atom. The number of furan rings is 1. The number of hydrazone groups is 1. The average Bonchev–Trinajstić information content (AvgIpc) is 2.96. The van der Waals surface area contributed by atoms with E-state index in [1.807, 2.05) is 30.3 Å². The van der Waals surface area contributed by atoms with Gasteiger partial charge in [-0.3, -0.25) is 5.43 Å². The highest BCUT2D eigenvalue weighted by Crippen LogP contribution is 2.28. The van der Waals surface area contributed by atoms with Gasteiger partial charge in [0.1, 0.15) is 17.1 Å². The van der Waals surface area contributed by atoms with Crippen LogP contribution in [0.5, 0.6) is 0 Å². The molecule has 0 saturated carbocycles. The largest absolute Gasteiger partial charge is 0.455 e. The van der Waals surface area contributed by atoms with Crippen LogP contribution in [0, 0.1) is 0 Å². The highest BCUT2D eigenvalue weighted by molar-refractivity contribution is 6.00. The topological polar surface area (TPSA) is 50.4 Å². The van der Waals surface area contributed by atoms with Crippen molar-refractivity contribution < 1.29 is 17.6 Å². The summed E-state index contributed by atoms with van der Waals surface area (Å²) in [6.45, 7) is 1.73. The van der Waals surface area contributed by atoms with Crippen LogP contribution < -0.4 is 5.43 Å². The molecule has 0 aliphatic carbocycles. The Labute approximate surface area is 129 Å². The fraction of sp³-hybridized carbons (Fsp3) is 0.125. The Balaban J connectivity index is 1.76. The molecule has 0 aliphatic rings. The molecule has 0 fully saturated rings. The van der Waals surface area contributed by atoms with Gasteiger partial charge in [0.15, 0.2) is 5.76 Å². The predicted molar refractivity (Wildman–Crippen MR) is 81.3 cm³/mol. The van der Waals surface area contributed by atoms with Crippen molar-refractivity contribution in [3.8, 4) is 0 Å². The van der Waals surface area contributed by atoms with E-state index in [4.69, 9.17) is 4.42 Å². The zero-order chi connectivity index (χ0) is 16.4. The van der Waals surface area contributed by atoms with E-state index in [9.17, 15) is 13.2 Å². The molecule has 0 radical (unpaired) electrons. The summed E-state index contributed by atoms with van der Waals surface area (Å²) in [6, 6.07) is 11.5. The van der Waals surface area contributed by atoms with Gasteiger partial charge in [-0.2, -0.15) is 18.3 Å². The molecule has 4 nitrogen and oxygen atoms in total. The number of nitrogens with one attached hydrogen (secondary N) is 1. The number of benzene rings is 1. The highest BCUT2D eigenvalue weighted by atomic mass is 19.4. The lowest BCUT2D eigenvalue weighted by atomic mass is 10.2. The summed E-state index contributed by atoms with van der Waals surface area (Å²) in [5.74, 6) is 0.791. The van der Waals surface area contributed by atoms with Crippen LogP contribution in [0.2, 0.25) is 0 Å². The molecule has 3 rings (SSSR count). The van der Waals surface area contributed by atoms with Gasteiger partial charge in [0.2, 0.25) is 0 Å². The number of rotatable bonds is 3. The van der Waals surface area contributed by atoms with E-state index in [1.165, 1.54) is 6.07 Å². The molecule has 118 valence electrons. The van der Waals surface area contributed by atoms with E-state index in [2.05, 4.69) is 15.5 Å². The van der Waals surface area contributed by atoms with Crippen molar-refractivity contribution in [1.29, 1.82) is 0 Å². The number of anilines is 1. The maximum atomic E-state index is 12.5. The lowest BCUT2D eigenvalue weighted by Gasteiger charge is -2.06. The molecule has 0 spiro atoms. The number of hydrogen-bond acceptors (Lipinski definition) is 4. The predicted octanol–water partition coefficient (Wildman–Crippen LogP) is 4.68. The summed E-state index contributed by atoms with van der Waals surface area (Å²) in [4.78, 5) is 3.68. The highest BCUT2D eigenvalue weighted by Gasteiger charge is 2.30. The lowest BCUT2D eigenvalue weighted by Crippen LogP contribution is -2.06. The van der Waals surface area contributed by atoms with E-state index >= 15 is 0 Å². The van der Waals surface area contributed by atoms with Crippen molar-refractivity contribution in [1.82, 2.24) is 4.98 Å². The second kappa shape index (κ2) is 5.75. The second-order valence-electron chi connectivity index (χ2n) is 4.89. The number of hydrogen-bond donors (Lipinski definition) is 1. The molecule has 0 bridgehead atoms. The molecule has 7 heteroatoms. The monoisotopic (exact) mass is 319 g/mol. The summed E-state index contributed by atoms with van der Waals surface area (Å²) >= 11 is 0. The number of pyridine rings is 1. The van der Waals surface area contributed by atoms with E-state index in [0.717, 1.165) is 23.2 Å². The standard InChI is InChI=1S/C16H12F3N3O/c1-10(14-8-11-4-2-3-5-13(11)23-14)21-22-15-7-6-12(9-20-15)16(17,18)19/h2-9H,1H3,(H,20,22)/b21-10-. The van der Waals surface area contributed by atoms with Gasteiger partial charge in [0, 0.05) is 11.6 Å². The van der Waals surface area contributed by atoms with Crippen LogP contribution in [0.1, 0.15) is 18.2 Å². The number of alkyl halides is 3. The van der Waals surface area contributed by atoms with Crippen LogP contribution in [-0.4, -0.2) is 10.7 Å². The van der Waals surface area contributed by atoms with Crippen molar-refractivity contribution in [2.75, 3.05) is 5.43 Å². The molecule has 0 aliphatic heterocycles. The quantitative estimate of drug-likeness (QED) is 0.563. The Hall–Kier alpha value is -2.83. The van der Waals surface area contributed by atoms with E-state index < -0.39 is 11.7 Å². The normalized spacial score (nSPS) is 12.6. The van der Waals surface area contributed by atoms with E-state index in [-0.39, 0.29) is 5.82 Å². The fourth-order valence-electron chi connectivity index (χ4n) is 1.98. The molecule has 0 unspecified atom stereocenters. The lowest BCUT2D eigenvalue weighted by molar-refractivity contribution is -0.137. The fourth-order valence-corrected chi connectivity index (χ4v) is 1.98. The summed E-state index contributed by atoms with van der Waals surface area (Å²) in [6.07, 6.45) is -3.65. The SMILES string of the molecule is C/C(=N/Nc1ccc(C(F)(F)F)cn1)c1cc2ccccc2o1. The minimum absolute atomic E-state index is 0.216. The van der Waals surface area contributed by atoms with Crippen molar-refractivity contribution in [2.24, 2.45) is 5.10 Å². The Morgan fingerprint density at radius 3 is 2.61 bits per heavy atom. The Bertz CT molecular complexity index is 818. The van der Waals surface area contributed by atoms with Crippen molar-refractivity contribution in [3.05, 3.63) is 60.0 Å². The first-order chi connectivity index (χ1) is 10.9. The minimum atomic E-state index is -4.40. The minimum Gasteiger partial charge on any atom is -0.455 e. The third-order valence-corrected chi connectivity index (χ3v) is 3.21. The maximum absolute atomic E-state index is 12.5. The van der Waals surface area contributed by atoms with Gasteiger partial charge in [0.05, 0.1) is 5.56 Å². The van der Waals surface area contributed by atoms with Crippen LogP contribution >= 0.6 is 0 Å². The van der Waals surface area contributed by atoms with Crippen LogP contribution in [0.15, 0.2) is 58.2 Å². The Morgan fingerprint density at radius 1 is 1.17 bits per heavy atom. The summed E-state index contributed by atoms with van der Waals surface area (Å²) in [5.41, 5.74) is 3.11. The first-order valence-corrected chi connectivity index (χ1v) is 6.76. The molecular weight excluding hydrogens is 307 g/mol. The zero-order valence-electron chi connectivity index (χ0n) is 12.1. The van der Waals surface area contributed by atoms with Crippen LogP contribution in [0.3, 0.4) is 0 Å². The number of fused-ring (bicyclic) bond motifs is 1. The molecule has 2 heterocycles. The first-order valence-electron chi connectivity index (χ1n) is 6.76. The van der Waals surface area contributed by atoms with Crippen molar-refractivity contribution in [3.63, 3.8) is 0 Å². The summed E-state index contributed by atoms with van der Waals surface area (Å²) in [7, 11) is 0. The van der Waals surface area contributed by atoms with Gasteiger partial charge < -0.3 is 4.42 Å². The third kappa shape index (κ3) is 3.33. The van der Waals surface area contributed by atoms with E-state index in [0.29, 0.717) is 11.5 Å². The Kier molecular flexibility index (Phi) is 3.77.